The van der Waals surface area contributed by atoms with Gasteiger partial charge in [0.2, 0.25) is 11.8 Å². The van der Waals surface area contributed by atoms with E-state index in [2.05, 4.69) is 5.32 Å². The van der Waals surface area contributed by atoms with Crippen molar-refractivity contribution < 1.29 is 9.59 Å². The van der Waals surface area contributed by atoms with Crippen molar-refractivity contribution in [3.05, 3.63) is 0 Å². The van der Waals surface area contributed by atoms with Crippen molar-refractivity contribution in [1.82, 2.24) is 15.1 Å². The average Bonchev–Trinajstić information content (AvgIpc) is 2.23. The van der Waals surface area contributed by atoms with Gasteiger partial charge < -0.3 is 15.1 Å². The van der Waals surface area contributed by atoms with Crippen molar-refractivity contribution >= 4 is 11.8 Å². The Kier molecular flexibility index (Phi) is 8.40. The molecule has 0 aromatic rings. The fourth-order valence-corrected chi connectivity index (χ4v) is 1.44. The van der Waals surface area contributed by atoms with Crippen LogP contribution >= 0.6 is 0 Å². The van der Waals surface area contributed by atoms with Crippen LogP contribution in [0.3, 0.4) is 0 Å². The largest absolute Gasteiger partial charge is 0.355 e. The van der Waals surface area contributed by atoms with Gasteiger partial charge in [0.25, 0.3) is 0 Å². The molecule has 0 aliphatic carbocycles. The summed E-state index contributed by atoms with van der Waals surface area (Å²) in [5.41, 5.74) is 0. The minimum absolute atomic E-state index is 0.00852. The summed E-state index contributed by atoms with van der Waals surface area (Å²) in [6.07, 6.45) is 1.30. The molecule has 0 unspecified atom stereocenters. The van der Waals surface area contributed by atoms with E-state index in [1.165, 1.54) is 0 Å². The smallest absolute Gasteiger partial charge is 0.221 e. The highest BCUT2D eigenvalue weighted by Crippen LogP contribution is 1.95. The minimum Gasteiger partial charge on any atom is -0.355 e. The molecule has 0 bridgehead atoms. The summed E-state index contributed by atoms with van der Waals surface area (Å²) >= 11 is 0. The summed E-state index contributed by atoms with van der Waals surface area (Å²) in [6, 6.07) is 0. The first kappa shape index (κ1) is 15.9. The Labute approximate surface area is 104 Å². The Balaban J connectivity index is 3.76. The van der Waals surface area contributed by atoms with Crippen LogP contribution in [-0.4, -0.2) is 61.9 Å². The molecule has 5 heteroatoms. The van der Waals surface area contributed by atoms with Crippen molar-refractivity contribution in [3.8, 4) is 0 Å². The van der Waals surface area contributed by atoms with Crippen LogP contribution in [0.4, 0.5) is 0 Å². The summed E-state index contributed by atoms with van der Waals surface area (Å²) in [7, 11) is 3.93. The lowest BCUT2D eigenvalue weighted by atomic mass is 10.3. The number of hydrogen-bond donors (Lipinski definition) is 1. The van der Waals surface area contributed by atoms with Gasteiger partial charge in [-0.25, -0.2) is 0 Å². The number of likely N-dealkylation sites (N-methyl/N-ethyl adjacent to an activating group) is 1. The van der Waals surface area contributed by atoms with E-state index in [0.717, 1.165) is 19.5 Å². The predicted octanol–water partition coefficient (Wildman–Crippen LogP) is 0.313. The molecule has 0 saturated heterocycles. The van der Waals surface area contributed by atoms with Crippen LogP contribution in [0.5, 0.6) is 0 Å². The minimum atomic E-state index is 0.00852. The fourth-order valence-electron chi connectivity index (χ4n) is 1.44. The van der Waals surface area contributed by atoms with Gasteiger partial charge in [-0.3, -0.25) is 9.59 Å². The third-order valence-corrected chi connectivity index (χ3v) is 2.43. The molecule has 2 amide bonds. The molecule has 0 heterocycles. The maximum Gasteiger partial charge on any atom is 0.221 e. The summed E-state index contributed by atoms with van der Waals surface area (Å²) in [5, 5.41) is 2.83. The van der Waals surface area contributed by atoms with E-state index < -0.39 is 0 Å². The normalized spacial score (nSPS) is 10.4. The molecule has 1 N–H and O–H groups in total. The topological polar surface area (TPSA) is 52.7 Å². The standard InChI is InChI=1S/C12H25N3O2/c1-5-8-15(11(2)16)9-6-12(17)13-7-10-14(3)4/h5-10H2,1-4H3,(H,13,17). The van der Waals surface area contributed by atoms with Crippen molar-refractivity contribution in [2.24, 2.45) is 0 Å². The zero-order valence-electron chi connectivity index (χ0n) is 11.5. The zero-order valence-corrected chi connectivity index (χ0v) is 11.5. The summed E-state index contributed by atoms with van der Waals surface area (Å²) < 4.78 is 0. The highest BCUT2D eigenvalue weighted by Gasteiger charge is 2.09. The van der Waals surface area contributed by atoms with E-state index in [4.69, 9.17) is 0 Å². The van der Waals surface area contributed by atoms with E-state index in [0.29, 0.717) is 19.5 Å². The van der Waals surface area contributed by atoms with Crippen LogP contribution in [-0.2, 0) is 9.59 Å². The molecule has 0 aromatic carbocycles. The number of nitrogens with zero attached hydrogens (tertiary/aromatic N) is 2. The van der Waals surface area contributed by atoms with Gasteiger partial charge in [0, 0.05) is 39.5 Å². The molecule has 17 heavy (non-hydrogen) atoms. The molecule has 0 aliphatic heterocycles. The first-order valence-electron chi connectivity index (χ1n) is 6.14. The van der Waals surface area contributed by atoms with Gasteiger partial charge in [0.15, 0.2) is 0 Å². The third-order valence-electron chi connectivity index (χ3n) is 2.43. The van der Waals surface area contributed by atoms with Gasteiger partial charge in [-0.05, 0) is 20.5 Å². The zero-order chi connectivity index (χ0) is 13.3. The maximum absolute atomic E-state index is 11.5. The van der Waals surface area contributed by atoms with Gasteiger partial charge in [0.1, 0.15) is 0 Å². The Morgan fingerprint density at radius 1 is 1.12 bits per heavy atom. The van der Waals surface area contributed by atoms with Crippen molar-refractivity contribution in [3.63, 3.8) is 0 Å². The van der Waals surface area contributed by atoms with Crippen molar-refractivity contribution in [1.29, 1.82) is 0 Å². The number of amides is 2. The third kappa shape index (κ3) is 8.68. The summed E-state index contributed by atoms with van der Waals surface area (Å²) in [6.45, 7) is 6.28. The molecule has 0 spiro atoms. The van der Waals surface area contributed by atoms with Gasteiger partial charge in [-0.1, -0.05) is 6.92 Å². The molecule has 0 saturated carbocycles. The molecule has 0 radical (unpaired) electrons. The van der Waals surface area contributed by atoms with Crippen LogP contribution in [0.1, 0.15) is 26.7 Å². The number of carbonyl (C=O) groups excluding carboxylic acids is 2. The molecule has 100 valence electrons. The maximum atomic E-state index is 11.5. The Hall–Kier alpha value is -1.10. The second-order valence-electron chi connectivity index (χ2n) is 4.41. The van der Waals surface area contributed by atoms with Crippen LogP contribution in [0.25, 0.3) is 0 Å². The van der Waals surface area contributed by atoms with Crippen LogP contribution < -0.4 is 5.32 Å². The molecule has 5 nitrogen and oxygen atoms in total. The van der Waals surface area contributed by atoms with Crippen molar-refractivity contribution in [2.45, 2.75) is 26.7 Å². The highest BCUT2D eigenvalue weighted by atomic mass is 16.2. The van der Waals surface area contributed by atoms with Crippen LogP contribution in [0.2, 0.25) is 0 Å². The van der Waals surface area contributed by atoms with Crippen molar-refractivity contribution in [2.75, 3.05) is 40.3 Å². The fraction of sp³-hybridized carbons (Fsp3) is 0.833. The molecular formula is C12H25N3O2. The van der Waals surface area contributed by atoms with Gasteiger partial charge >= 0.3 is 0 Å². The molecule has 0 fully saturated rings. The summed E-state index contributed by atoms with van der Waals surface area (Å²) in [5.74, 6) is 0.0437. The second-order valence-corrected chi connectivity index (χ2v) is 4.41. The Bertz CT molecular complexity index is 242. The first-order valence-corrected chi connectivity index (χ1v) is 6.14. The molecule has 0 aliphatic rings. The lowest BCUT2D eigenvalue weighted by Crippen LogP contribution is -2.36. The average molecular weight is 243 g/mol. The van der Waals surface area contributed by atoms with Crippen LogP contribution in [0, 0.1) is 0 Å². The van der Waals surface area contributed by atoms with E-state index in [1.807, 2.05) is 25.9 Å². The number of rotatable bonds is 8. The lowest BCUT2D eigenvalue weighted by molar-refractivity contribution is -0.129. The number of carbonyl (C=O) groups is 2. The van der Waals surface area contributed by atoms with E-state index >= 15 is 0 Å². The molecule has 0 atom stereocenters. The Morgan fingerprint density at radius 3 is 2.24 bits per heavy atom. The van der Waals surface area contributed by atoms with E-state index in [-0.39, 0.29) is 11.8 Å². The highest BCUT2D eigenvalue weighted by molar-refractivity contribution is 5.77. The molecule has 0 aromatic heterocycles. The van der Waals surface area contributed by atoms with Crippen LogP contribution in [0.15, 0.2) is 0 Å². The predicted molar refractivity (Wildman–Crippen MR) is 68.7 cm³/mol. The molecular weight excluding hydrogens is 218 g/mol. The van der Waals surface area contributed by atoms with Gasteiger partial charge in [0.05, 0.1) is 0 Å². The molecule has 0 rings (SSSR count). The van der Waals surface area contributed by atoms with Gasteiger partial charge in [-0.15, -0.1) is 0 Å². The Morgan fingerprint density at radius 2 is 1.76 bits per heavy atom. The summed E-state index contributed by atoms with van der Waals surface area (Å²) in [4.78, 5) is 26.5. The monoisotopic (exact) mass is 243 g/mol. The first-order chi connectivity index (χ1) is 7.97. The van der Waals surface area contributed by atoms with Gasteiger partial charge in [-0.2, -0.15) is 0 Å². The van der Waals surface area contributed by atoms with E-state index in [1.54, 1.807) is 11.8 Å². The number of nitrogens with one attached hydrogen (secondary N) is 1. The number of hydrogen-bond acceptors (Lipinski definition) is 3. The van der Waals surface area contributed by atoms with E-state index in [9.17, 15) is 9.59 Å². The lowest BCUT2D eigenvalue weighted by Gasteiger charge is -2.20. The second kappa shape index (κ2) is 8.98. The SMILES string of the molecule is CCCN(CCC(=O)NCCN(C)C)C(C)=O. The quantitative estimate of drug-likeness (QED) is 0.667.